The third-order valence-electron chi connectivity index (χ3n) is 5.66. The molecule has 3 aliphatic heterocycles. The van der Waals surface area contributed by atoms with E-state index in [0.29, 0.717) is 12.0 Å². The van der Waals surface area contributed by atoms with Crippen LogP contribution in [0.1, 0.15) is 13.3 Å². The van der Waals surface area contributed by atoms with Crippen molar-refractivity contribution < 1.29 is 53.6 Å². The van der Waals surface area contributed by atoms with Gasteiger partial charge in [-0.3, -0.25) is 0 Å². The van der Waals surface area contributed by atoms with Crippen molar-refractivity contribution in [3.05, 3.63) is 11.8 Å². The van der Waals surface area contributed by atoms with Gasteiger partial charge in [-0.25, -0.2) is 4.79 Å². The predicted molar refractivity (Wildman–Crippen MR) is 92.8 cm³/mol. The van der Waals surface area contributed by atoms with Gasteiger partial charge in [0.1, 0.15) is 24.4 Å². The van der Waals surface area contributed by atoms with Gasteiger partial charge in [0.05, 0.1) is 37.6 Å². The maximum Gasteiger partial charge on any atom is 0.337 e. The second kappa shape index (κ2) is 9.23. The van der Waals surface area contributed by atoms with Gasteiger partial charge < -0.3 is 48.8 Å². The lowest BCUT2D eigenvalue weighted by Crippen LogP contribution is -2.61. The van der Waals surface area contributed by atoms with E-state index in [4.69, 9.17) is 28.4 Å². The van der Waals surface area contributed by atoms with E-state index in [1.54, 1.807) is 6.92 Å². The van der Waals surface area contributed by atoms with Crippen molar-refractivity contribution in [2.75, 3.05) is 20.8 Å². The Bertz CT molecular complexity index is 609. The minimum atomic E-state index is -1.58. The summed E-state index contributed by atoms with van der Waals surface area (Å²) in [5.74, 6) is -1.40. The summed E-state index contributed by atoms with van der Waals surface area (Å²) in [5.41, 5.74) is 0.309. The summed E-state index contributed by atoms with van der Waals surface area (Å²) in [6.07, 6.45) is -7.54. The zero-order chi connectivity index (χ0) is 21.3. The van der Waals surface area contributed by atoms with E-state index in [9.17, 15) is 25.2 Å². The molecule has 11 nitrogen and oxygen atoms in total. The molecule has 0 bridgehead atoms. The van der Waals surface area contributed by atoms with E-state index >= 15 is 0 Å². The van der Waals surface area contributed by atoms with Crippen LogP contribution in [0.15, 0.2) is 11.8 Å². The molecular weight excluding hydrogens is 392 g/mol. The van der Waals surface area contributed by atoms with Gasteiger partial charge in [-0.2, -0.15) is 0 Å². The highest BCUT2D eigenvalue weighted by atomic mass is 16.8. The summed E-state index contributed by atoms with van der Waals surface area (Å²) in [6.45, 7) is 1.19. The van der Waals surface area contributed by atoms with Crippen molar-refractivity contribution >= 4 is 5.97 Å². The van der Waals surface area contributed by atoms with E-state index in [1.165, 1.54) is 20.5 Å². The molecule has 29 heavy (non-hydrogen) atoms. The normalized spacial score (nSPS) is 45.0. The average Bonchev–Trinajstić information content (AvgIpc) is 2.73. The first kappa shape index (κ1) is 22.4. The highest BCUT2D eigenvalue weighted by Gasteiger charge is 2.51. The number of aliphatic hydroxyl groups excluding tert-OH is 4. The Hall–Kier alpha value is -1.31. The van der Waals surface area contributed by atoms with E-state index in [-0.39, 0.29) is 5.92 Å². The predicted octanol–water partition coefficient (Wildman–Crippen LogP) is -1.77. The summed E-state index contributed by atoms with van der Waals surface area (Å²) >= 11 is 0. The molecule has 0 aliphatic carbocycles. The van der Waals surface area contributed by atoms with E-state index < -0.39 is 67.9 Å². The fourth-order valence-electron chi connectivity index (χ4n) is 4.04. The fraction of sp³-hybridized carbons (Fsp3) is 0.833. The van der Waals surface area contributed by atoms with Crippen molar-refractivity contribution in [2.45, 2.75) is 62.7 Å². The summed E-state index contributed by atoms with van der Waals surface area (Å²) in [5, 5.41) is 39.5. The molecule has 10 atom stereocenters. The van der Waals surface area contributed by atoms with Crippen LogP contribution in [0.2, 0.25) is 0 Å². The van der Waals surface area contributed by atoms with Crippen molar-refractivity contribution in [1.29, 1.82) is 0 Å². The number of carbonyl (C=O) groups is 1. The number of rotatable bonds is 5. The van der Waals surface area contributed by atoms with Crippen LogP contribution in [0.4, 0.5) is 0 Å². The number of fused-ring (bicyclic) bond motifs is 1. The lowest BCUT2D eigenvalue weighted by Gasteiger charge is -2.47. The van der Waals surface area contributed by atoms with Crippen LogP contribution in [-0.4, -0.2) is 96.6 Å². The summed E-state index contributed by atoms with van der Waals surface area (Å²) < 4.78 is 32.7. The number of esters is 1. The Morgan fingerprint density at radius 1 is 1.14 bits per heavy atom. The second-order valence-corrected chi connectivity index (χ2v) is 7.33. The number of hydrogen-bond donors (Lipinski definition) is 4. The first-order valence-electron chi connectivity index (χ1n) is 9.40. The zero-order valence-corrected chi connectivity index (χ0v) is 16.4. The number of hydrogen-bond acceptors (Lipinski definition) is 11. The zero-order valence-electron chi connectivity index (χ0n) is 16.4. The molecular formula is C18H28O11. The first-order valence-corrected chi connectivity index (χ1v) is 9.40. The molecule has 0 spiro atoms. The standard InChI is InChI=1S/C18H28O11/c1-7-12-8(4-11(24-2)27-7)9(16(23)25-3)6-26-17(12)29-18-15(22)14(21)13(20)10(5-19)28-18/h6-8,10-15,17-22H,4-5H2,1-3H3/t7-,8+,10+,11+,12+,13+,14-,15+,17-,18-/m0/s1. The minimum Gasteiger partial charge on any atom is -0.471 e. The number of methoxy groups -OCH3 is 2. The maximum absolute atomic E-state index is 12.2. The molecule has 3 rings (SSSR count). The molecule has 0 amide bonds. The smallest absolute Gasteiger partial charge is 0.337 e. The van der Waals surface area contributed by atoms with Crippen molar-refractivity contribution in [1.82, 2.24) is 0 Å². The molecule has 0 unspecified atom stereocenters. The fourth-order valence-corrected chi connectivity index (χ4v) is 4.04. The van der Waals surface area contributed by atoms with Gasteiger partial charge in [-0.15, -0.1) is 0 Å². The van der Waals surface area contributed by atoms with E-state index in [0.717, 1.165) is 0 Å². The lowest BCUT2D eigenvalue weighted by molar-refractivity contribution is -0.352. The molecule has 0 saturated carbocycles. The van der Waals surface area contributed by atoms with Crippen LogP contribution in [0.25, 0.3) is 0 Å². The molecule has 0 aromatic heterocycles. The van der Waals surface area contributed by atoms with Crippen LogP contribution in [0.3, 0.4) is 0 Å². The molecule has 3 aliphatic rings. The van der Waals surface area contributed by atoms with Crippen LogP contribution in [0, 0.1) is 11.8 Å². The maximum atomic E-state index is 12.2. The highest BCUT2D eigenvalue weighted by Crippen LogP contribution is 2.43. The summed E-state index contributed by atoms with van der Waals surface area (Å²) in [7, 11) is 2.77. The molecule has 11 heteroatoms. The van der Waals surface area contributed by atoms with Crippen molar-refractivity contribution in [3.8, 4) is 0 Å². The van der Waals surface area contributed by atoms with Crippen molar-refractivity contribution in [3.63, 3.8) is 0 Å². The van der Waals surface area contributed by atoms with E-state index in [2.05, 4.69) is 0 Å². The molecule has 166 valence electrons. The van der Waals surface area contributed by atoms with Gasteiger partial charge in [0.15, 0.2) is 12.6 Å². The number of carbonyl (C=O) groups excluding carboxylic acids is 1. The average molecular weight is 420 g/mol. The Morgan fingerprint density at radius 2 is 1.86 bits per heavy atom. The molecule has 2 fully saturated rings. The van der Waals surface area contributed by atoms with Crippen LogP contribution in [-0.2, 0) is 33.2 Å². The summed E-state index contributed by atoms with van der Waals surface area (Å²) in [4.78, 5) is 12.2. The first-order chi connectivity index (χ1) is 13.8. The van der Waals surface area contributed by atoms with Crippen molar-refractivity contribution in [2.24, 2.45) is 11.8 Å². The molecule has 2 saturated heterocycles. The Morgan fingerprint density at radius 3 is 2.48 bits per heavy atom. The van der Waals surface area contributed by atoms with Gasteiger partial charge in [0.25, 0.3) is 0 Å². The van der Waals surface area contributed by atoms with Crippen LogP contribution < -0.4 is 0 Å². The van der Waals surface area contributed by atoms with Gasteiger partial charge in [0, 0.05) is 19.4 Å². The highest BCUT2D eigenvalue weighted by molar-refractivity contribution is 5.88. The molecule has 0 aromatic rings. The van der Waals surface area contributed by atoms with Gasteiger partial charge in [0.2, 0.25) is 6.29 Å². The molecule has 4 N–H and O–H groups in total. The summed E-state index contributed by atoms with van der Waals surface area (Å²) in [6, 6.07) is 0. The van der Waals surface area contributed by atoms with Gasteiger partial charge in [-0.1, -0.05) is 0 Å². The van der Waals surface area contributed by atoms with E-state index in [1.807, 2.05) is 0 Å². The van der Waals surface area contributed by atoms with Crippen LogP contribution >= 0.6 is 0 Å². The molecule has 0 radical (unpaired) electrons. The molecule has 3 heterocycles. The second-order valence-electron chi connectivity index (χ2n) is 7.33. The van der Waals surface area contributed by atoms with Gasteiger partial charge >= 0.3 is 5.97 Å². The quantitative estimate of drug-likeness (QED) is 0.374. The SMILES string of the molecule is COC(=O)C1=CO[C@@H](O[C@@H]2O[C@H](CO)[C@@H](O)[C@H](O)[C@H]2O)[C@@H]2[C@H](C)O[C@@H](OC)C[C@H]12. The largest absolute Gasteiger partial charge is 0.471 e. The third-order valence-corrected chi connectivity index (χ3v) is 5.66. The third kappa shape index (κ3) is 4.28. The van der Waals surface area contributed by atoms with Gasteiger partial charge in [-0.05, 0) is 6.92 Å². The number of ether oxygens (including phenoxy) is 6. The Kier molecular flexibility index (Phi) is 7.12. The Balaban J connectivity index is 1.82. The molecule has 0 aromatic carbocycles. The minimum absolute atomic E-state index is 0.309. The Labute approximate surface area is 167 Å². The van der Waals surface area contributed by atoms with Crippen LogP contribution in [0.5, 0.6) is 0 Å². The number of aliphatic hydroxyl groups is 4. The lowest BCUT2D eigenvalue weighted by atomic mass is 9.77. The monoisotopic (exact) mass is 420 g/mol. The topological polar surface area (TPSA) is 153 Å².